The number of hydrogen-bond acceptors (Lipinski definition) is 4. The van der Waals surface area contributed by atoms with Crippen molar-refractivity contribution in [1.29, 1.82) is 0 Å². The number of nitrogens with one attached hydrogen (secondary N) is 2. The summed E-state index contributed by atoms with van der Waals surface area (Å²) in [6.45, 7) is 6.48. The number of imidazole rings is 1. The van der Waals surface area contributed by atoms with Gasteiger partial charge in [-0.2, -0.15) is 0 Å². The van der Waals surface area contributed by atoms with Crippen LogP contribution in [0.5, 0.6) is 5.75 Å². The largest absolute Gasteiger partial charge is 0.487 e. The van der Waals surface area contributed by atoms with Gasteiger partial charge >= 0.3 is 0 Å². The number of hydrogen-bond donors (Lipinski definition) is 2. The van der Waals surface area contributed by atoms with Gasteiger partial charge in [0.2, 0.25) is 5.91 Å². The number of nitrogens with zero attached hydrogens (tertiary/aromatic N) is 2. The molecule has 0 aliphatic heterocycles. The van der Waals surface area contributed by atoms with Crippen LogP contribution in [0.25, 0.3) is 11.0 Å². The third-order valence-electron chi connectivity index (χ3n) is 5.74. The SMILES string of the molecule is CCNC(=O)c1cc2nc(Cc3c(Cl)ccc(CNC(=O)C(C)(C)C)c3F)n(C)c2cc1OCC(F)F. The van der Waals surface area contributed by atoms with Gasteiger partial charge in [-0.25, -0.2) is 18.2 Å². The molecule has 0 atom stereocenters. The number of aromatic nitrogens is 2. The van der Waals surface area contributed by atoms with Crippen molar-refractivity contribution in [2.75, 3.05) is 13.2 Å². The number of rotatable bonds is 9. The van der Waals surface area contributed by atoms with E-state index in [2.05, 4.69) is 15.6 Å². The average molecular weight is 539 g/mol. The van der Waals surface area contributed by atoms with Crippen LogP contribution < -0.4 is 15.4 Å². The highest BCUT2D eigenvalue weighted by molar-refractivity contribution is 6.31. The topological polar surface area (TPSA) is 85.3 Å². The normalized spacial score (nSPS) is 11.7. The van der Waals surface area contributed by atoms with Crippen molar-refractivity contribution in [3.63, 3.8) is 0 Å². The van der Waals surface area contributed by atoms with E-state index in [1.807, 2.05) is 0 Å². The molecule has 1 heterocycles. The van der Waals surface area contributed by atoms with Crippen LogP contribution in [0.15, 0.2) is 24.3 Å². The third-order valence-corrected chi connectivity index (χ3v) is 6.10. The summed E-state index contributed by atoms with van der Waals surface area (Å²) < 4.78 is 47.9. The van der Waals surface area contributed by atoms with Gasteiger partial charge in [-0.05, 0) is 19.1 Å². The molecule has 0 aliphatic rings. The van der Waals surface area contributed by atoms with Crippen molar-refractivity contribution in [3.8, 4) is 5.75 Å². The average Bonchev–Trinajstić information content (AvgIpc) is 3.12. The minimum atomic E-state index is -2.72. The first-order valence-corrected chi connectivity index (χ1v) is 12.1. The lowest BCUT2D eigenvalue weighted by Gasteiger charge is -2.18. The standard InChI is InChI=1S/C26H30ClF3N4O3/c1-6-31-24(35)16-9-18-19(11-20(16)37-13-21(28)29)34(5)22(33-18)10-15-17(27)8-7-14(23(15)30)12-32-25(36)26(2,3)4/h7-9,11,21H,6,10,12-13H2,1-5H3,(H,31,35)(H,32,36). The molecule has 0 saturated heterocycles. The molecule has 37 heavy (non-hydrogen) atoms. The van der Waals surface area contributed by atoms with Gasteiger partial charge < -0.3 is 19.9 Å². The number of aryl methyl sites for hydroxylation is 1. The number of benzene rings is 2. The van der Waals surface area contributed by atoms with Gasteiger partial charge in [-0.3, -0.25) is 9.59 Å². The van der Waals surface area contributed by atoms with Gasteiger partial charge in [0.05, 0.1) is 16.6 Å². The Morgan fingerprint density at radius 1 is 1.19 bits per heavy atom. The monoisotopic (exact) mass is 538 g/mol. The van der Waals surface area contributed by atoms with Crippen LogP contribution >= 0.6 is 11.6 Å². The Morgan fingerprint density at radius 3 is 2.51 bits per heavy atom. The van der Waals surface area contributed by atoms with E-state index in [0.29, 0.717) is 23.4 Å². The molecule has 3 aromatic rings. The van der Waals surface area contributed by atoms with Crippen LogP contribution in [-0.4, -0.2) is 40.9 Å². The molecule has 200 valence electrons. The van der Waals surface area contributed by atoms with Gasteiger partial charge in [0.1, 0.15) is 24.0 Å². The van der Waals surface area contributed by atoms with Crippen molar-refractivity contribution in [2.24, 2.45) is 12.5 Å². The second-order valence-electron chi connectivity index (χ2n) is 9.59. The predicted molar refractivity (Wildman–Crippen MR) is 136 cm³/mol. The molecule has 3 rings (SSSR count). The summed E-state index contributed by atoms with van der Waals surface area (Å²) >= 11 is 6.33. The van der Waals surface area contributed by atoms with Crippen LogP contribution in [0.2, 0.25) is 5.02 Å². The van der Waals surface area contributed by atoms with Gasteiger partial charge in [-0.1, -0.05) is 38.4 Å². The van der Waals surface area contributed by atoms with E-state index >= 15 is 4.39 Å². The van der Waals surface area contributed by atoms with E-state index in [9.17, 15) is 18.4 Å². The van der Waals surface area contributed by atoms with Gasteiger partial charge in [-0.15, -0.1) is 0 Å². The molecule has 2 amide bonds. The number of alkyl halides is 2. The predicted octanol–water partition coefficient (Wildman–Crippen LogP) is 5.01. The number of amides is 2. The maximum absolute atomic E-state index is 15.4. The molecule has 2 N–H and O–H groups in total. The first kappa shape index (κ1) is 28.3. The lowest BCUT2D eigenvalue weighted by Crippen LogP contribution is -2.34. The Hall–Kier alpha value is -3.27. The van der Waals surface area contributed by atoms with E-state index in [4.69, 9.17) is 16.3 Å². The minimum Gasteiger partial charge on any atom is -0.487 e. The highest BCUT2D eigenvalue weighted by Gasteiger charge is 2.23. The minimum absolute atomic E-state index is 0.00458. The first-order valence-electron chi connectivity index (χ1n) is 11.8. The second kappa shape index (κ2) is 11.4. The molecule has 0 radical (unpaired) electrons. The summed E-state index contributed by atoms with van der Waals surface area (Å²) in [6, 6.07) is 6.01. The number of carbonyl (C=O) groups excluding carboxylic acids is 2. The molecule has 0 aliphatic carbocycles. The summed E-state index contributed by atoms with van der Waals surface area (Å²) in [5, 5.41) is 5.55. The number of ether oxygens (including phenoxy) is 1. The van der Waals surface area contributed by atoms with Gasteiger partial charge in [0, 0.05) is 54.2 Å². The van der Waals surface area contributed by atoms with Crippen LogP contribution in [-0.2, 0) is 24.8 Å². The molecule has 7 nitrogen and oxygen atoms in total. The summed E-state index contributed by atoms with van der Waals surface area (Å²) in [5.74, 6) is -0.835. The third kappa shape index (κ3) is 6.54. The van der Waals surface area contributed by atoms with Crippen molar-refractivity contribution in [2.45, 2.75) is 47.1 Å². The summed E-state index contributed by atoms with van der Waals surface area (Å²) in [7, 11) is 1.69. The molecule has 0 unspecified atom stereocenters. The molecule has 2 aromatic carbocycles. The highest BCUT2D eigenvalue weighted by atomic mass is 35.5. The zero-order chi connectivity index (χ0) is 27.5. The molecule has 11 heteroatoms. The quantitative estimate of drug-likeness (QED) is 0.401. The fourth-order valence-electron chi connectivity index (χ4n) is 3.68. The molecule has 0 spiro atoms. The van der Waals surface area contributed by atoms with Gasteiger partial charge in [0.25, 0.3) is 12.3 Å². The van der Waals surface area contributed by atoms with E-state index < -0.39 is 30.2 Å². The van der Waals surface area contributed by atoms with E-state index in [-0.39, 0.29) is 46.3 Å². The van der Waals surface area contributed by atoms with Crippen LogP contribution in [0, 0.1) is 11.2 Å². The summed E-state index contributed by atoms with van der Waals surface area (Å²) in [6.07, 6.45) is -2.70. The van der Waals surface area contributed by atoms with Crippen molar-refractivity contribution < 1.29 is 27.5 Å². The molecule has 1 aromatic heterocycles. The van der Waals surface area contributed by atoms with E-state index in [1.54, 1.807) is 45.4 Å². The maximum atomic E-state index is 15.4. The Morgan fingerprint density at radius 2 is 1.89 bits per heavy atom. The van der Waals surface area contributed by atoms with Crippen LogP contribution in [0.1, 0.15) is 55.0 Å². The molecule has 0 bridgehead atoms. The number of halogens is 4. The maximum Gasteiger partial charge on any atom is 0.272 e. The highest BCUT2D eigenvalue weighted by Crippen LogP contribution is 2.30. The summed E-state index contributed by atoms with van der Waals surface area (Å²) in [4.78, 5) is 29.3. The zero-order valence-electron chi connectivity index (χ0n) is 21.3. The molecular formula is C26H30ClF3N4O3. The molecule has 0 fully saturated rings. The van der Waals surface area contributed by atoms with Crippen molar-refractivity contribution in [1.82, 2.24) is 20.2 Å². The van der Waals surface area contributed by atoms with Crippen molar-refractivity contribution >= 4 is 34.4 Å². The van der Waals surface area contributed by atoms with E-state index in [1.165, 1.54) is 18.2 Å². The van der Waals surface area contributed by atoms with Crippen LogP contribution in [0.4, 0.5) is 13.2 Å². The Bertz CT molecular complexity index is 1320. The molecular weight excluding hydrogens is 509 g/mol. The lowest BCUT2D eigenvalue weighted by atomic mass is 9.95. The van der Waals surface area contributed by atoms with E-state index in [0.717, 1.165) is 0 Å². The zero-order valence-corrected chi connectivity index (χ0v) is 22.1. The fourth-order valence-corrected chi connectivity index (χ4v) is 3.89. The number of carbonyl (C=O) groups is 2. The Labute approximate surface area is 218 Å². The Kier molecular flexibility index (Phi) is 8.73. The lowest BCUT2D eigenvalue weighted by molar-refractivity contribution is -0.128. The Balaban J connectivity index is 1.98. The van der Waals surface area contributed by atoms with Gasteiger partial charge in [0.15, 0.2) is 0 Å². The fraction of sp³-hybridized carbons (Fsp3) is 0.423. The smallest absolute Gasteiger partial charge is 0.272 e. The first-order chi connectivity index (χ1) is 17.3. The number of fused-ring (bicyclic) bond motifs is 1. The second-order valence-corrected chi connectivity index (χ2v) is 10.0. The van der Waals surface area contributed by atoms with Crippen LogP contribution in [0.3, 0.4) is 0 Å². The van der Waals surface area contributed by atoms with Crippen molar-refractivity contribution in [3.05, 3.63) is 57.6 Å². The molecule has 0 saturated carbocycles. The summed E-state index contributed by atoms with van der Waals surface area (Å²) in [5.41, 5.74) is 0.840.